The summed E-state index contributed by atoms with van der Waals surface area (Å²) in [4.78, 5) is 13.9. The van der Waals surface area contributed by atoms with E-state index in [2.05, 4.69) is 25.2 Å². The van der Waals surface area contributed by atoms with Gasteiger partial charge in [-0.3, -0.25) is 0 Å². The Balaban J connectivity index is 1.66. The van der Waals surface area contributed by atoms with Crippen LogP contribution in [0, 0.1) is 17.8 Å². The van der Waals surface area contributed by atoms with Gasteiger partial charge < -0.3 is 15.0 Å². The van der Waals surface area contributed by atoms with Crippen LogP contribution in [0.1, 0.15) is 53.9 Å². The van der Waals surface area contributed by atoms with Gasteiger partial charge in [-0.05, 0) is 77.8 Å². The van der Waals surface area contributed by atoms with Crippen molar-refractivity contribution in [3.05, 3.63) is 11.6 Å². The maximum Gasteiger partial charge on any atom is 0.410 e. The van der Waals surface area contributed by atoms with Crippen LogP contribution in [0.25, 0.3) is 0 Å². The zero-order valence-corrected chi connectivity index (χ0v) is 15.5. The van der Waals surface area contributed by atoms with Crippen LogP contribution in [-0.2, 0) is 4.74 Å². The molecule has 1 heterocycles. The van der Waals surface area contributed by atoms with Crippen LogP contribution in [0.5, 0.6) is 0 Å². The van der Waals surface area contributed by atoms with Crippen LogP contribution in [0.4, 0.5) is 4.79 Å². The molecule has 1 fully saturated rings. The molecule has 2 rings (SSSR count). The van der Waals surface area contributed by atoms with Crippen molar-refractivity contribution in [2.75, 3.05) is 26.2 Å². The Morgan fingerprint density at radius 1 is 1.35 bits per heavy atom. The Hall–Kier alpha value is -1.03. The average Bonchev–Trinajstić information content (AvgIpc) is 2.84. The number of ether oxygens (including phenoxy) is 1. The lowest BCUT2D eigenvalue weighted by atomic mass is 9.83. The van der Waals surface area contributed by atoms with Gasteiger partial charge in [0.05, 0.1) is 0 Å². The van der Waals surface area contributed by atoms with Gasteiger partial charge in [0, 0.05) is 13.1 Å². The largest absolute Gasteiger partial charge is 0.444 e. The molecule has 1 saturated heterocycles. The summed E-state index contributed by atoms with van der Waals surface area (Å²) in [6, 6.07) is 0. The molecule has 0 aromatic carbocycles. The number of hydrogen-bond acceptors (Lipinski definition) is 3. The molecule has 0 radical (unpaired) electrons. The van der Waals surface area contributed by atoms with Crippen LogP contribution >= 0.6 is 0 Å². The van der Waals surface area contributed by atoms with Gasteiger partial charge in [-0.2, -0.15) is 0 Å². The number of nitrogens with one attached hydrogen (secondary N) is 1. The standard InChI is InChI=1S/C19H34N2O2/c1-14-8-15(2)10-17(9-14)12-20-11-16-6-7-21(13-16)18(22)23-19(3,4)5/h8,14,16-17,20H,6-7,9-13H2,1-5H3. The van der Waals surface area contributed by atoms with E-state index in [1.807, 2.05) is 25.7 Å². The first-order valence-electron chi connectivity index (χ1n) is 9.09. The first kappa shape index (κ1) is 18.3. The molecule has 3 unspecified atom stereocenters. The van der Waals surface area contributed by atoms with E-state index in [0.29, 0.717) is 11.8 Å². The van der Waals surface area contributed by atoms with E-state index >= 15 is 0 Å². The summed E-state index contributed by atoms with van der Waals surface area (Å²) in [6.07, 6.45) is 5.84. The fourth-order valence-electron chi connectivity index (χ4n) is 3.82. The zero-order chi connectivity index (χ0) is 17.0. The molecule has 0 aromatic heterocycles. The topological polar surface area (TPSA) is 41.6 Å². The third-order valence-electron chi connectivity index (χ3n) is 4.69. The quantitative estimate of drug-likeness (QED) is 0.800. The van der Waals surface area contributed by atoms with Crippen LogP contribution in [0.15, 0.2) is 11.6 Å². The van der Waals surface area contributed by atoms with Crippen LogP contribution in [0.2, 0.25) is 0 Å². The summed E-state index contributed by atoms with van der Waals surface area (Å²) in [5.74, 6) is 2.03. The van der Waals surface area contributed by atoms with Gasteiger partial charge in [0.25, 0.3) is 0 Å². The van der Waals surface area contributed by atoms with Crippen molar-refractivity contribution in [3.8, 4) is 0 Å². The van der Waals surface area contributed by atoms with Crippen molar-refractivity contribution in [1.29, 1.82) is 0 Å². The minimum absolute atomic E-state index is 0.165. The van der Waals surface area contributed by atoms with E-state index in [9.17, 15) is 4.79 Å². The van der Waals surface area contributed by atoms with Crippen LogP contribution in [0.3, 0.4) is 0 Å². The highest BCUT2D eigenvalue weighted by Gasteiger charge is 2.29. The van der Waals surface area contributed by atoms with Crippen molar-refractivity contribution in [3.63, 3.8) is 0 Å². The van der Waals surface area contributed by atoms with Gasteiger partial charge in [0.2, 0.25) is 0 Å². The molecule has 0 spiro atoms. The number of nitrogens with zero attached hydrogens (tertiary/aromatic N) is 1. The van der Waals surface area contributed by atoms with E-state index < -0.39 is 5.60 Å². The third-order valence-corrected chi connectivity index (χ3v) is 4.69. The number of amides is 1. The lowest BCUT2D eigenvalue weighted by molar-refractivity contribution is 0.0288. The molecule has 1 aliphatic heterocycles. The summed E-state index contributed by atoms with van der Waals surface area (Å²) in [5.41, 5.74) is 1.13. The fourth-order valence-corrected chi connectivity index (χ4v) is 3.82. The summed E-state index contributed by atoms with van der Waals surface area (Å²) < 4.78 is 5.45. The minimum Gasteiger partial charge on any atom is -0.444 e. The van der Waals surface area contributed by atoms with E-state index in [-0.39, 0.29) is 6.09 Å². The molecule has 23 heavy (non-hydrogen) atoms. The number of carbonyl (C=O) groups is 1. The normalized spacial score (nSPS) is 28.7. The Kier molecular flexibility index (Phi) is 6.12. The van der Waals surface area contributed by atoms with Crippen molar-refractivity contribution < 1.29 is 9.53 Å². The smallest absolute Gasteiger partial charge is 0.410 e. The van der Waals surface area contributed by atoms with Gasteiger partial charge >= 0.3 is 6.09 Å². The van der Waals surface area contributed by atoms with E-state index in [0.717, 1.165) is 38.5 Å². The summed E-state index contributed by atoms with van der Waals surface area (Å²) in [6.45, 7) is 14.1. The minimum atomic E-state index is -0.406. The highest BCUT2D eigenvalue weighted by atomic mass is 16.6. The van der Waals surface area contributed by atoms with Crippen LogP contribution < -0.4 is 5.32 Å². The first-order chi connectivity index (χ1) is 10.7. The Morgan fingerprint density at radius 3 is 2.70 bits per heavy atom. The highest BCUT2D eigenvalue weighted by Crippen LogP contribution is 2.27. The van der Waals surface area contributed by atoms with Crippen molar-refractivity contribution in [2.24, 2.45) is 17.8 Å². The van der Waals surface area contributed by atoms with Gasteiger partial charge in [0.15, 0.2) is 0 Å². The third kappa shape index (κ3) is 6.17. The van der Waals surface area contributed by atoms with Gasteiger partial charge in [0.1, 0.15) is 5.60 Å². The molecule has 1 N–H and O–H groups in total. The van der Waals surface area contributed by atoms with E-state index in [4.69, 9.17) is 4.74 Å². The Morgan fingerprint density at radius 2 is 2.04 bits per heavy atom. The second-order valence-corrected chi connectivity index (χ2v) is 8.54. The molecule has 2 aliphatic rings. The number of rotatable bonds is 4. The molecule has 132 valence electrons. The lowest BCUT2D eigenvalue weighted by Crippen LogP contribution is -2.36. The molecule has 4 heteroatoms. The molecule has 0 saturated carbocycles. The van der Waals surface area contributed by atoms with Crippen molar-refractivity contribution >= 4 is 6.09 Å². The van der Waals surface area contributed by atoms with E-state index in [1.165, 1.54) is 18.4 Å². The monoisotopic (exact) mass is 322 g/mol. The molecular formula is C19H34N2O2. The maximum atomic E-state index is 12.1. The highest BCUT2D eigenvalue weighted by molar-refractivity contribution is 5.68. The number of likely N-dealkylation sites (tertiary alicyclic amines) is 1. The van der Waals surface area contributed by atoms with Crippen molar-refractivity contribution in [2.45, 2.75) is 59.5 Å². The zero-order valence-electron chi connectivity index (χ0n) is 15.5. The Labute approximate surface area is 141 Å². The summed E-state index contributed by atoms with van der Waals surface area (Å²) in [5, 5.41) is 3.64. The predicted octanol–water partition coefficient (Wildman–Crippen LogP) is 3.83. The molecule has 0 aromatic rings. The molecule has 3 atom stereocenters. The molecule has 1 aliphatic carbocycles. The SMILES string of the molecule is CC1=CC(C)CC(CNCC2CCN(C(=O)OC(C)(C)C)C2)C1. The number of hydrogen-bond donors (Lipinski definition) is 1. The van der Waals surface area contributed by atoms with Gasteiger partial charge in [-0.15, -0.1) is 0 Å². The second-order valence-electron chi connectivity index (χ2n) is 8.54. The second kappa shape index (κ2) is 7.69. The van der Waals surface area contributed by atoms with Crippen molar-refractivity contribution in [1.82, 2.24) is 10.2 Å². The fraction of sp³-hybridized carbons (Fsp3) is 0.842. The number of carbonyl (C=O) groups excluding carboxylic acids is 1. The number of allylic oxidation sites excluding steroid dienone is 2. The lowest BCUT2D eigenvalue weighted by Gasteiger charge is -2.26. The molecule has 0 bridgehead atoms. The molecular weight excluding hydrogens is 288 g/mol. The molecule has 4 nitrogen and oxygen atoms in total. The molecule has 1 amide bonds. The Bertz CT molecular complexity index is 439. The average molecular weight is 322 g/mol. The summed E-state index contributed by atoms with van der Waals surface area (Å²) in [7, 11) is 0. The predicted molar refractivity (Wildman–Crippen MR) is 94.4 cm³/mol. The van der Waals surface area contributed by atoms with Gasteiger partial charge in [-0.25, -0.2) is 4.79 Å². The first-order valence-corrected chi connectivity index (χ1v) is 9.09. The summed E-state index contributed by atoms with van der Waals surface area (Å²) >= 11 is 0. The van der Waals surface area contributed by atoms with Gasteiger partial charge in [-0.1, -0.05) is 18.6 Å². The maximum absolute atomic E-state index is 12.1. The van der Waals surface area contributed by atoms with Crippen LogP contribution in [-0.4, -0.2) is 42.8 Å². The van der Waals surface area contributed by atoms with E-state index in [1.54, 1.807) is 0 Å².